The molecule has 0 aromatic heterocycles. The fourth-order valence-corrected chi connectivity index (χ4v) is 4.57. The number of benzene rings is 2. The summed E-state index contributed by atoms with van der Waals surface area (Å²) >= 11 is 0. The van der Waals surface area contributed by atoms with E-state index in [9.17, 15) is 9.59 Å². The summed E-state index contributed by atoms with van der Waals surface area (Å²) in [5, 5.41) is 0. The highest BCUT2D eigenvalue weighted by atomic mass is 16.5. The fourth-order valence-electron chi connectivity index (χ4n) is 4.57. The zero-order valence-electron chi connectivity index (χ0n) is 20.2. The lowest BCUT2D eigenvalue weighted by Crippen LogP contribution is -2.43. The molecule has 2 amide bonds. The van der Waals surface area contributed by atoms with Crippen LogP contribution in [0.2, 0.25) is 0 Å². The Balaban J connectivity index is 1.72. The number of aryl methyl sites for hydroxylation is 1. The Labute approximate surface area is 196 Å². The summed E-state index contributed by atoms with van der Waals surface area (Å²) < 4.78 is 5.72. The van der Waals surface area contributed by atoms with Crippen molar-refractivity contribution >= 4 is 23.1 Å². The second kappa shape index (κ2) is 9.40. The van der Waals surface area contributed by atoms with Crippen LogP contribution in [0.4, 0.5) is 5.69 Å². The van der Waals surface area contributed by atoms with Crippen LogP contribution >= 0.6 is 0 Å². The van der Waals surface area contributed by atoms with Crippen molar-refractivity contribution in [1.82, 2.24) is 9.80 Å². The molecule has 0 N–H and O–H groups in total. The van der Waals surface area contributed by atoms with E-state index in [1.807, 2.05) is 57.0 Å². The number of rotatable bonds is 6. The number of piperidine rings is 1. The van der Waals surface area contributed by atoms with Gasteiger partial charge in [0.05, 0.1) is 17.4 Å². The van der Waals surface area contributed by atoms with E-state index in [1.54, 1.807) is 24.3 Å². The standard InChI is InChI=1S/C27H33N3O3/c1-18(2)33-23-12-10-22(11-13-23)30-26(31)24(20-8-6-19(3)7-9-20)25(27(30)32)29(5)21-14-16-28(4)17-15-21/h6-13,18,21H,14-17H2,1-5H3. The number of hydrogen-bond acceptors (Lipinski definition) is 5. The number of carbonyl (C=O) groups is 2. The van der Waals surface area contributed by atoms with E-state index in [0.29, 0.717) is 22.7 Å². The van der Waals surface area contributed by atoms with Gasteiger partial charge in [-0.25, -0.2) is 4.90 Å². The van der Waals surface area contributed by atoms with Crippen LogP contribution in [0.25, 0.3) is 5.57 Å². The Morgan fingerprint density at radius 3 is 2.12 bits per heavy atom. The molecule has 2 aromatic rings. The molecule has 2 heterocycles. The molecule has 2 aliphatic heterocycles. The topological polar surface area (TPSA) is 53.1 Å². The van der Waals surface area contributed by atoms with Gasteiger partial charge in [0.15, 0.2) is 0 Å². The quantitative estimate of drug-likeness (QED) is 0.625. The van der Waals surface area contributed by atoms with Gasteiger partial charge in [-0.1, -0.05) is 29.8 Å². The lowest BCUT2D eigenvalue weighted by molar-refractivity contribution is -0.120. The van der Waals surface area contributed by atoms with E-state index in [2.05, 4.69) is 11.9 Å². The molecule has 2 aliphatic rings. The van der Waals surface area contributed by atoms with Crippen molar-refractivity contribution in [3.63, 3.8) is 0 Å². The van der Waals surface area contributed by atoms with Gasteiger partial charge >= 0.3 is 0 Å². The molecular weight excluding hydrogens is 414 g/mol. The summed E-state index contributed by atoms with van der Waals surface area (Å²) in [6, 6.07) is 15.2. The minimum Gasteiger partial charge on any atom is -0.491 e. The molecule has 0 atom stereocenters. The minimum atomic E-state index is -0.281. The summed E-state index contributed by atoms with van der Waals surface area (Å²) in [5.74, 6) is 0.161. The van der Waals surface area contributed by atoms with Crippen LogP contribution in [-0.4, -0.2) is 60.9 Å². The third kappa shape index (κ3) is 4.67. The number of nitrogens with zero attached hydrogens (tertiary/aromatic N) is 3. The Bertz CT molecular complexity index is 1050. The third-order valence-electron chi connectivity index (χ3n) is 6.45. The van der Waals surface area contributed by atoms with Gasteiger partial charge in [-0.2, -0.15) is 0 Å². The monoisotopic (exact) mass is 447 g/mol. The molecule has 6 heteroatoms. The van der Waals surface area contributed by atoms with Crippen LogP contribution in [0.15, 0.2) is 54.2 Å². The first-order valence-corrected chi connectivity index (χ1v) is 11.6. The summed E-state index contributed by atoms with van der Waals surface area (Å²) in [6.07, 6.45) is 1.97. The Morgan fingerprint density at radius 2 is 1.55 bits per heavy atom. The summed E-state index contributed by atoms with van der Waals surface area (Å²) in [7, 11) is 4.07. The molecule has 2 aromatic carbocycles. The Kier molecular flexibility index (Phi) is 6.56. The third-order valence-corrected chi connectivity index (χ3v) is 6.45. The normalized spacial score (nSPS) is 17.9. The molecule has 174 valence electrons. The average Bonchev–Trinajstić information content (AvgIpc) is 3.04. The van der Waals surface area contributed by atoms with Crippen LogP contribution < -0.4 is 9.64 Å². The van der Waals surface area contributed by atoms with E-state index >= 15 is 0 Å². The number of ether oxygens (including phenoxy) is 1. The number of hydrogen-bond donors (Lipinski definition) is 0. The molecule has 33 heavy (non-hydrogen) atoms. The molecule has 1 saturated heterocycles. The largest absolute Gasteiger partial charge is 0.491 e. The Morgan fingerprint density at radius 1 is 0.939 bits per heavy atom. The van der Waals surface area contributed by atoms with E-state index < -0.39 is 0 Å². The van der Waals surface area contributed by atoms with Gasteiger partial charge in [-0.3, -0.25) is 9.59 Å². The van der Waals surface area contributed by atoms with Crippen LogP contribution in [-0.2, 0) is 9.59 Å². The number of carbonyl (C=O) groups excluding carboxylic acids is 2. The molecule has 0 aliphatic carbocycles. The second-order valence-corrected chi connectivity index (χ2v) is 9.34. The number of amides is 2. The summed E-state index contributed by atoms with van der Waals surface area (Å²) in [4.78, 5) is 33.1. The molecule has 0 bridgehead atoms. The maximum Gasteiger partial charge on any atom is 0.282 e. The lowest BCUT2D eigenvalue weighted by Gasteiger charge is -2.36. The van der Waals surface area contributed by atoms with Crippen molar-refractivity contribution in [2.45, 2.75) is 45.8 Å². The van der Waals surface area contributed by atoms with E-state index in [-0.39, 0.29) is 24.0 Å². The molecule has 1 fully saturated rings. The van der Waals surface area contributed by atoms with Gasteiger partial charge < -0.3 is 14.5 Å². The molecule has 0 spiro atoms. The second-order valence-electron chi connectivity index (χ2n) is 9.34. The van der Waals surface area contributed by atoms with Crippen molar-refractivity contribution in [2.24, 2.45) is 0 Å². The number of likely N-dealkylation sites (N-methyl/N-ethyl adjacent to an activating group) is 1. The molecule has 0 radical (unpaired) electrons. The van der Waals surface area contributed by atoms with Crippen molar-refractivity contribution in [3.8, 4) is 5.75 Å². The lowest BCUT2D eigenvalue weighted by atomic mass is 9.99. The maximum absolute atomic E-state index is 13.7. The number of likely N-dealkylation sites (tertiary alicyclic amines) is 1. The molecule has 0 saturated carbocycles. The van der Waals surface area contributed by atoms with E-state index in [1.165, 1.54) is 4.90 Å². The summed E-state index contributed by atoms with van der Waals surface area (Å²) in [6.45, 7) is 7.89. The number of anilines is 1. The van der Waals surface area contributed by atoms with Crippen LogP contribution in [0, 0.1) is 6.92 Å². The van der Waals surface area contributed by atoms with Gasteiger partial charge in [-0.05, 0) is 83.6 Å². The highest BCUT2D eigenvalue weighted by Gasteiger charge is 2.43. The predicted octanol–water partition coefficient (Wildman–Crippen LogP) is 4.09. The van der Waals surface area contributed by atoms with E-state index in [4.69, 9.17) is 4.74 Å². The SMILES string of the molecule is Cc1ccc(C2=C(N(C)C3CCN(C)CC3)C(=O)N(c3ccc(OC(C)C)cc3)C2=O)cc1. The zero-order valence-corrected chi connectivity index (χ0v) is 20.2. The van der Waals surface area contributed by atoms with Gasteiger partial charge in [0.1, 0.15) is 11.4 Å². The predicted molar refractivity (Wildman–Crippen MR) is 131 cm³/mol. The minimum absolute atomic E-state index is 0.0514. The maximum atomic E-state index is 13.7. The van der Waals surface area contributed by atoms with Gasteiger partial charge in [0, 0.05) is 13.1 Å². The van der Waals surface area contributed by atoms with Crippen LogP contribution in [0.3, 0.4) is 0 Å². The van der Waals surface area contributed by atoms with Crippen molar-refractivity contribution < 1.29 is 14.3 Å². The number of imide groups is 1. The molecular formula is C27H33N3O3. The van der Waals surface area contributed by atoms with Gasteiger partial charge in [0.2, 0.25) is 0 Å². The summed E-state index contributed by atoms with van der Waals surface area (Å²) in [5.41, 5.74) is 3.40. The molecule has 4 rings (SSSR count). The highest BCUT2D eigenvalue weighted by Crippen LogP contribution is 2.36. The average molecular weight is 448 g/mol. The zero-order chi connectivity index (χ0) is 23.7. The van der Waals surface area contributed by atoms with Gasteiger partial charge in [0.25, 0.3) is 11.8 Å². The first kappa shape index (κ1) is 23.1. The Hall–Kier alpha value is -3.12. The smallest absolute Gasteiger partial charge is 0.282 e. The molecule has 0 unspecified atom stereocenters. The molecule has 6 nitrogen and oxygen atoms in total. The van der Waals surface area contributed by atoms with Crippen LogP contribution in [0.5, 0.6) is 5.75 Å². The van der Waals surface area contributed by atoms with Gasteiger partial charge in [-0.15, -0.1) is 0 Å². The first-order chi connectivity index (χ1) is 15.8. The van der Waals surface area contributed by atoms with Crippen molar-refractivity contribution in [2.75, 3.05) is 32.1 Å². The van der Waals surface area contributed by atoms with E-state index in [0.717, 1.165) is 37.1 Å². The van der Waals surface area contributed by atoms with Crippen molar-refractivity contribution in [3.05, 3.63) is 65.4 Å². The van der Waals surface area contributed by atoms with Crippen molar-refractivity contribution in [1.29, 1.82) is 0 Å². The fraction of sp³-hybridized carbons (Fsp3) is 0.407. The highest BCUT2D eigenvalue weighted by molar-refractivity contribution is 6.45. The van der Waals surface area contributed by atoms with Crippen LogP contribution in [0.1, 0.15) is 37.8 Å². The first-order valence-electron chi connectivity index (χ1n) is 11.6.